The van der Waals surface area contributed by atoms with Crippen LogP contribution in [0.4, 0.5) is 0 Å². The average molecular weight is 250 g/mol. The number of rotatable bonds is 6. The van der Waals surface area contributed by atoms with Gasteiger partial charge in [0.15, 0.2) is 0 Å². The fourth-order valence-corrected chi connectivity index (χ4v) is 1.82. The molecule has 0 aliphatic heterocycles. The van der Waals surface area contributed by atoms with Crippen molar-refractivity contribution in [1.29, 1.82) is 0 Å². The summed E-state index contributed by atoms with van der Waals surface area (Å²) in [6, 6.07) is 6.97. The van der Waals surface area contributed by atoms with Crippen molar-refractivity contribution in [3.8, 4) is 5.75 Å². The van der Waals surface area contributed by atoms with Crippen LogP contribution in [0.5, 0.6) is 5.75 Å². The Balaban J connectivity index is 2.37. The molecule has 0 radical (unpaired) electrons. The van der Waals surface area contributed by atoms with E-state index in [1.165, 1.54) is 0 Å². The second-order valence-corrected chi connectivity index (χ2v) is 4.84. The highest BCUT2D eigenvalue weighted by Gasteiger charge is 2.26. The van der Waals surface area contributed by atoms with Gasteiger partial charge in [-0.1, -0.05) is 25.5 Å². The van der Waals surface area contributed by atoms with Gasteiger partial charge in [0.2, 0.25) is 5.91 Å². The zero-order valence-electron chi connectivity index (χ0n) is 11.1. The summed E-state index contributed by atoms with van der Waals surface area (Å²) in [6.45, 7) is 4.32. The van der Waals surface area contributed by atoms with Crippen LogP contribution in [0, 0.1) is 0 Å². The van der Waals surface area contributed by atoms with Crippen molar-refractivity contribution in [1.82, 2.24) is 5.32 Å². The summed E-state index contributed by atoms with van der Waals surface area (Å²) < 4.78 is 0. The minimum absolute atomic E-state index is 0.108. The van der Waals surface area contributed by atoms with Gasteiger partial charge in [0.25, 0.3) is 0 Å². The van der Waals surface area contributed by atoms with Gasteiger partial charge in [-0.3, -0.25) is 4.79 Å². The minimum Gasteiger partial charge on any atom is -0.508 e. The molecule has 0 saturated heterocycles. The highest BCUT2D eigenvalue weighted by Crippen LogP contribution is 2.10. The first-order valence-electron chi connectivity index (χ1n) is 6.31. The monoisotopic (exact) mass is 250 g/mol. The number of carbonyl (C=O) groups is 1. The maximum Gasteiger partial charge on any atom is 0.239 e. The number of benzene rings is 1. The van der Waals surface area contributed by atoms with E-state index in [1.807, 2.05) is 19.1 Å². The molecule has 100 valence electrons. The van der Waals surface area contributed by atoms with Gasteiger partial charge in [-0.15, -0.1) is 0 Å². The molecule has 1 unspecified atom stereocenters. The van der Waals surface area contributed by atoms with Crippen molar-refractivity contribution >= 4 is 5.91 Å². The molecule has 4 nitrogen and oxygen atoms in total. The van der Waals surface area contributed by atoms with Crippen molar-refractivity contribution in [2.45, 2.75) is 38.6 Å². The van der Waals surface area contributed by atoms with Crippen LogP contribution in [0.25, 0.3) is 0 Å². The molecule has 0 bridgehead atoms. The molecule has 4 N–H and O–H groups in total. The minimum atomic E-state index is -0.788. The van der Waals surface area contributed by atoms with E-state index in [2.05, 4.69) is 5.32 Å². The molecule has 4 heteroatoms. The Hall–Kier alpha value is -1.55. The van der Waals surface area contributed by atoms with E-state index in [0.717, 1.165) is 18.4 Å². The van der Waals surface area contributed by atoms with Gasteiger partial charge in [0.05, 0.1) is 5.54 Å². The van der Waals surface area contributed by atoms with E-state index in [1.54, 1.807) is 19.1 Å². The van der Waals surface area contributed by atoms with Crippen LogP contribution < -0.4 is 11.1 Å². The number of phenolic OH excluding ortho intramolecular Hbond substituents is 1. The summed E-state index contributed by atoms with van der Waals surface area (Å²) in [7, 11) is 0. The van der Waals surface area contributed by atoms with Crippen LogP contribution >= 0.6 is 0 Å². The average Bonchev–Trinajstić information content (AvgIpc) is 2.31. The third-order valence-corrected chi connectivity index (χ3v) is 2.92. The van der Waals surface area contributed by atoms with Gasteiger partial charge in [0, 0.05) is 6.54 Å². The van der Waals surface area contributed by atoms with Crippen molar-refractivity contribution in [2.75, 3.05) is 6.54 Å². The molecule has 18 heavy (non-hydrogen) atoms. The number of amides is 1. The summed E-state index contributed by atoms with van der Waals surface area (Å²) >= 11 is 0. The van der Waals surface area contributed by atoms with Crippen LogP contribution in [0.2, 0.25) is 0 Å². The Morgan fingerprint density at radius 3 is 2.56 bits per heavy atom. The lowest BCUT2D eigenvalue weighted by molar-refractivity contribution is -0.126. The van der Waals surface area contributed by atoms with E-state index >= 15 is 0 Å². The summed E-state index contributed by atoms with van der Waals surface area (Å²) in [5.41, 5.74) is 6.21. The lowest BCUT2D eigenvalue weighted by atomic mass is 9.96. The maximum absolute atomic E-state index is 11.8. The van der Waals surface area contributed by atoms with Crippen LogP contribution in [-0.2, 0) is 11.2 Å². The molecule has 1 amide bonds. The Labute approximate surface area is 108 Å². The Morgan fingerprint density at radius 2 is 2.00 bits per heavy atom. The number of nitrogens with two attached hydrogens (primary N) is 1. The second kappa shape index (κ2) is 6.40. The Kier molecular flexibility index (Phi) is 5.16. The van der Waals surface area contributed by atoms with Crippen molar-refractivity contribution in [2.24, 2.45) is 5.73 Å². The molecule has 0 heterocycles. The largest absolute Gasteiger partial charge is 0.508 e. The number of hydrogen-bond donors (Lipinski definition) is 3. The van der Waals surface area contributed by atoms with Gasteiger partial charge in [-0.05, 0) is 37.5 Å². The van der Waals surface area contributed by atoms with Crippen molar-refractivity contribution < 1.29 is 9.90 Å². The van der Waals surface area contributed by atoms with Crippen LogP contribution in [0.15, 0.2) is 24.3 Å². The van der Waals surface area contributed by atoms with Crippen molar-refractivity contribution in [3.63, 3.8) is 0 Å². The fraction of sp³-hybridized carbons (Fsp3) is 0.500. The standard InChI is InChI=1S/C14H22N2O2/c1-3-9-14(2,15)13(18)16-10-8-11-4-6-12(17)7-5-11/h4-7,17H,3,8-10,15H2,1-2H3,(H,16,18). The summed E-state index contributed by atoms with van der Waals surface area (Å²) in [6.07, 6.45) is 2.30. The van der Waals surface area contributed by atoms with E-state index in [-0.39, 0.29) is 11.7 Å². The van der Waals surface area contributed by atoms with Gasteiger partial charge in [0.1, 0.15) is 5.75 Å². The third kappa shape index (κ3) is 4.37. The molecular formula is C14H22N2O2. The number of nitrogens with one attached hydrogen (secondary N) is 1. The van der Waals surface area contributed by atoms with Crippen molar-refractivity contribution in [3.05, 3.63) is 29.8 Å². The molecule has 0 spiro atoms. The lowest BCUT2D eigenvalue weighted by Gasteiger charge is -2.22. The number of aromatic hydroxyl groups is 1. The quantitative estimate of drug-likeness (QED) is 0.717. The number of carbonyl (C=O) groups excluding carboxylic acids is 1. The fourth-order valence-electron chi connectivity index (χ4n) is 1.82. The van der Waals surface area contributed by atoms with E-state index < -0.39 is 5.54 Å². The smallest absolute Gasteiger partial charge is 0.239 e. The zero-order chi connectivity index (χ0) is 13.6. The van der Waals surface area contributed by atoms with E-state index in [0.29, 0.717) is 13.0 Å². The van der Waals surface area contributed by atoms with Crippen LogP contribution in [0.1, 0.15) is 32.3 Å². The Morgan fingerprint density at radius 1 is 1.39 bits per heavy atom. The summed E-state index contributed by atoms with van der Waals surface area (Å²) in [5.74, 6) is 0.142. The molecular weight excluding hydrogens is 228 g/mol. The highest BCUT2D eigenvalue weighted by atomic mass is 16.3. The summed E-state index contributed by atoms with van der Waals surface area (Å²) in [4.78, 5) is 11.8. The zero-order valence-corrected chi connectivity index (χ0v) is 11.1. The Bertz CT molecular complexity index is 385. The molecule has 1 aromatic rings. The predicted molar refractivity (Wildman–Crippen MR) is 72.3 cm³/mol. The van der Waals surface area contributed by atoms with Crippen LogP contribution in [-0.4, -0.2) is 23.1 Å². The molecule has 0 aliphatic carbocycles. The SMILES string of the molecule is CCCC(C)(N)C(=O)NCCc1ccc(O)cc1. The topological polar surface area (TPSA) is 75.4 Å². The molecule has 0 aromatic heterocycles. The van der Waals surface area contributed by atoms with Gasteiger partial charge >= 0.3 is 0 Å². The third-order valence-electron chi connectivity index (χ3n) is 2.92. The molecule has 0 fully saturated rings. The van der Waals surface area contributed by atoms with E-state index in [4.69, 9.17) is 10.8 Å². The number of hydrogen-bond acceptors (Lipinski definition) is 3. The second-order valence-electron chi connectivity index (χ2n) is 4.84. The van der Waals surface area contributed by atoms with Crippen LogP contribution in [0.3, 0.4) is 0 Å². The highest BCUT2D eigenvalue weighted by molar-refractivity contribution is 5.85. The molecule has 1 rings (SSSR count). The molecule has 1 aromatic carbocycles. The normalized spacial score (nSPS) is 13.9. The van der Waals surface area contributed by atoms with E-state index in [9.17, 15) is 4.79 Å². The summed E-state index contributed by atoms with van der Waals surface area (Å²) in [5, 5.41) is 12.0. The van der Waals surface area contributed by atoms with Gasteiger partial charge in [-0.2, -0.15) is 0 Å². The van der Waals surface area contributed by atoms with Gasteiger partial charge < -0.3 is 16.2 Å². The molecule has 0 aliphatic rings. The first-order chi connectivity index (χ1) is 8.45. The lowest BCUT2D eigenvalue weighted by Crippen LogP contribution is -2.51. The number of phenols is 1. The first kappa shape index (κ1) is 14.5. The molecule has 1 atom stereocenters. The van der Waals surface area contributed by atoms with Gasteiger partial charge in [-0.25, -0.2) is 0 Å². The predicted octanol–water partition coefficient (Wildman–Crippen LogP) is 1.57. The molecule has 0 saturated carbocycles. The first-order valence-corrected chi connectivity index (χ1v) is 6.31. The maximum atomic E-state index is 11.8.